The SMILES string of the molecule is CCC(Oc1nc(Oc2cc(OC(C)C)cc(-c3cccc(CN)c3)c2)c(F)cc1F)C(=O)O. The van der Waals surface area contributed by atoms with Gasteiger partial charge in [-0.2, -0.15) is 4.98 Å². The lowest BCUT2D eigenvalue weighted by Crippen LogP contribution is -2.26. The van der Waals surface area contributed by atoms with E-state index < -0.39 is 35.5 Å². The molecule has 0 amide bonds. The van der Waals surface area contributed by atoms with E-state index in [1.807, 2.05) is 44.2 Å². The van der Waals surface area contributed by atoms with E-state index in [-0.39, 0.29) is 18.3 Å². The maximum atomic E-state index is 14.5. The van der Waals surface area contributed by atoms with Gasteiger partial charge in [0, 0.05) is 18.7 Å². The van der Waals surface area contributed by atoms with Crippen molar-refractivity contribution in [2.75, 3.05) is 0 Å². The number of nitrogens with two attached hydrogens (primary N) is 1. The number of carboxylic acid groups (broad SMARTS) is 1. The molecule has 3 N–H and O–H groups in total. The molecule has 1 atom stereocenters. The summed E-state index contributed by atoms with van der Waals surface area (Å²) in [6.07, 6.45) is -1.42. The summed E-state index contributed by atoms with van der Waals surface area (Å²) >= 11 is 0. The van der Waals surface area contributed by atoms with Gasteiger partial charge in [0.15, 0.2) is 17.7 Å². The van der Waals surface area contributed by atoms with Gasteiger partial charge in [0.25, 0.3) is 11.8 Å². The van der Waals surface area contributed by atoms with Gasteiger partial charge in [-0.15, -0.1) is 0 Å². The molecule has 3 rings (SSSR count). The lowest BCUT2D eigenvalue weighted by molar-refractivity contribution is -0.145. The number of hydrogen-bond acceptors (Lipinski definition) is 6. The first-order valence-corrected chi connectivity index (χ1v) is 10.7. The molecular weight excluding hydrogens is 446 g/mol. The smallest absolute Gasteiger partial charge is 0.344 e. The van der Waals surface area contributed by atoms with E-state index in [0.717, 1.165) is 16.7 Å². The Morgan fingerprint density at radius 1 is 1.00 bits per heavy atom. The molecule has 0 aliphatic carbocycles. The number of aliphatic carboxylic acids is 1. The highest BCUT2D eigenvalue weighted by molar-refractivity contribution is 5.72. The quantitative estimate of drug-likeness (QED) is 0.412. The highest BCUT2D eigenvalue weighted by atomic mass is 19.1. The summed E-state index contributed by atoms with van der Waals surface area (Å²) in [5, 5.41) is 9.16. The molecule has 0 fully saturated rings. The first kappa shape index (κ1) is 24.9. The second kappa shape index (κ2) is 10.9. The standard InChI is InChI=1S/C25H26F2N2O5/c1-4-22(25(30)31)34-24-21(27)12-20(26)23(29-24)33-19-10-17(9-18(11-19)32-14(2)3)16-7-5-6-15(8-16)13-28/h5-12,14,22H,4,13,28H2,1-3H3,(H,30,31). The Balaban J connectivity index is 2.00. The number of aromatic nitrogens is 1. The first-order chi connectivity index (χ1) is 16.2. The van der Waals surface area contributed by atoms with Crippen LogP contribution in [0, 0.1) is 11.6 Å². The number of pyridine rings is 1. The number of benzene rings is 2. The van der Waals surface area contributed by atoms with Crippen LogP contribution in [0.1, 0.15) is 32.8 Å². The van der Waals surface area contributed by atoms with Crippen LogP contribution in [0.15, 0.2) is 48.5 Å². The monoisotopic (exact) mass is 472 g/mol. The average molecular weight is 472 g/mol. The number of halogens is 2. The zero-order valence-electron chi connectivity index (χ0n) is 19.0. The molecule has 0 saturated heterocycles. The van der Waals surface area contributed by atoms with Crippen LogP contribution in [0.4, 0.5) is 8.78 Å². The predicted octanol–water partition coefficient (Wildman–Crippen LogP) is 5.31. The Morgan fingerprint density at radius 2 is 1.71 bits per heavy atom. The number of rotatable bonds is 10. The van der Waals surface area contributed by atoms with Crippen LogP contribution in [0.25, 0.3) is 11.1 Å². The molecule has 1 heterocycles. The molecule has 1 unspecified atom stereocenters. The van der Waals surface area contributed by atoms with Gasteiger partial charge >= 0.3 is 5.97 Å². The highest BCUT2D eigenvalue weighted by Gasteiger charge is 2.22. The fourth-order valence-corrected chi connectivity index (χ4v) is 3.16. The molecule has 0 bridgehead atoms. The van der Waals surface area contributed by atoms with Crippen molar-refractivity contribution in [1.29, 1.82) is 0 Å². The Kier molecular flexibility index (Phi) is 8.01. The lowest BCUT2D eigenvalue weighted by Gasteiger charge is -2.16. The van der Waals surface area contributed by atoms with E-state index in [2.05, 4.69) is 4.98 Å². The van der Waals surface area contributed by atoms with Crippen molar-refractivity contribution in [3.05, 3.63) is 65.7 Å². The third-order valence-electron chi connectivity index (χ3n) is 4.73. The van der Waals surface area contributed by atoms with Crippen molar-refractivity contribution < 1.29 is 32.9 Å². The molecule has 180 valence electrons. The molecule has 1 aromatic heterocycles. The topological polar surface area (TPSA) is 104 Å². The zero-order chi connectivity index (χ0) is 24.8. The Morgan fingerprint density at radius 3 is 2.35 bits per heavy atom. The molecule has 0 aliphatic rings. The summed E-state index contributed by atoms with van der Waals surface area (Å²) in [6, 6.07) is 13.1. The zero-order valence-corrected chi connectivity index (χ0v) is 19.0. The van der Waals surface area contributed by atoms with Gasteiger partial charge < -0.3 is 25.1 Å². The number of carboxylic acids is 1. The van der Waals surface area contributed by atoms with Gasteiger partial charge in [-0.1, -0.05) is 25.1 Å². The van der Waals surface area contributed by atoms with Gasteiger partial charge in [-0.05, 0) is 55.2 Å². The van der Waals surface area contributed by atoms with Crippen molar-refractivity contribution in [2.45, 2.75) is 45.9 Å². The summed E-state index contributed by atoms with van der Waals surface area (Å²) in [5.74, 6) is -4.09. The minimum Gasteiger partial charge on any atom is -0.491 e. The number of nitrogens with zero attached hydrogens (tertiary/aromatic N) is 1. The summed E-state index contributed by atoms with van der Waals surface area (Å²) < 4.78 is 45.2. The van der Waals surface area contributed by atoms with Gasteiger partial charge in [0.1, 0.15) is 11.5 Å². The van der Waals surface area contributed by atoms with E-state index >= 15 is 0 Å². The summed E-state index contributed by atoms with van der Waals surface area (Å²) in [4.78, 5) is 15.0. The molecule has 9 heteroatoms. The van der Waals surface area contributed by atoms with Crippen LogP contribution in [0.2, 0.25) is 0 Å². The van der Waals surface area contributed by atoms with E-state index in [4.69, 9.17) is 25.1 Å². The van der Waals surface area contributed by atoms with Crippen molar-refractivity contribution in [3.8, 4) is 34.4 Å². The van der Waals surface area contributed by atoms with Crippen LogP contribution in [0.3, 0.4) is 0 Å². The van der Waals surface area contributed by atoms with E-state index in [1.54, 1.807) is 19.1 Å². The fourth-order valence-electron chi connectivity index (χ4n) is 3.16. The van der Waals surface area contributed by atoms with Crippen LogP contribution in [0.5, 0.6) is 23.3 Å². The van der Waals surface area contributed by atoms with Crippen LogP contribution in [-0.4, -0.2) is 28.3 Å². The van der Waals surface area contributed by atoms with Crippen molar-refractivity contribution in [2.24, 2.45) is 5.73 Å². The molecule has 34 heavy (non-hydrogen) atoms. The van der Waals surface area contributed by atoms with Gasteiger partial charge in [-0.3, -0.25) is 0 Å². The minimum absolute atomic E-state index is 0.0594. The largest absolute Gasteiger partial charge is 0.491 e. The third-order valence-corrected chi connectivity index (χ3v) is 4.73. The van der Waals surface area contributed by atoms with Gasteiger partial charge in [0.05, 0.1) is 6.10 Å². The molecule has 3 aromatic rings. The predicted molar refractivity (Wildman–Crippen MR) is 122 cm³/mol. The maximum Gasteiger partial charge on any atom is 0.344 e. The highest BCUT2D eigenvalue weighted by Crippen LogP contribution is 2.34. The van der Waals surface area contributed by atoms with E-state index in [0.29, 0.717) is 18.4 Å². The number of carbonyl (C=O) groups is 1. The molecule has 0 radical (unpaired) electrons. The van der Waals surface area contributed by atoms with E-state index in [1.165, 1.54) is 0 Å². The average Bonchev–Trinajstić information content (AvgIpc) is 2.79. The Hall–Kier alpha value is -3.72. The molecule has 0 saturated carbocycles. The normalized spacial score (nSPS) is 11.9. The Bertz CT molecular complexity index is 1170. The van der Waals surface area contributed by atoms with Crippen LogP contribution >= 0.6 is 0 Å². The maximum absolute atomic E-state index is 14.5. The van der Waals surface area contributed by atoms with Gasteiger partial charge in [0.2, 0.25) is 0 Å². The Labute approximate surface area is 196 Å². The number of hydrogen-bond donors (Lipinski definition) is 2. The lowest BCUT2D eigenvalue weighted by atomic mass is 10.0. The van der Waals surface area contributed by atoms with Gasteiger partial charge in [-0.25, -0.2) is 13.6 Å². The second-order valence-electron chi connectivity index (χ2n) is 7.78. The van der Waals surface area contributed by atoms with Crippen LogP contribution in [-0.2, 0) is 11.3 Å². The summed E-state index contributed by atoms with van der Waals surface area (Å²) in [7, 11) is 0. The second-order valence-corrected chi connectivity index (χ2v) is 7.78. The summed E-state index contributed by atoms with van der Waals surface area (Å²) in [5.41, 5.74) is 8.24. The van der Waals surface area contributed by atoms with E-state index in [9.17, 15) is 13.6 Å². The number of ether oxygens (including phenoxy) is 3. The fraction of sp³-hybridized carbons (Fsp3) is 0.280. The first-order valence-electron chi connectivity index (χ1n) is 10.7. The van der Waals surface area contributed by atoms with Crippen molar-refractivity contribution in [3.63, 3.8) is 0 Å². The molecular formula is C25H26F2N2O5. The minimum atomic E-state index is -1.34. The van der Waals surface area contributed by atoms with Crippen molar-refractivity contribution in [1.82, 2.24) is 4.98 Å². The van der Waals surface area contributed by atoms with Crippen molar-refractivity contribution >= 4 is 5.97 Å². The third kappa shape index (κ3) is 6.20. The van der Waals surface area contributed by atoms with Crippen LogP contribution < -0.4 is 19.9 Å². The molecule has 0 spiro atoms. The summed E-state index contributed by atoms with van der Waals surface area (Å²) in [6.45, 7) is 5.64. The molecule has 2 aromatic carbocycles. The molecule has 0 aliphatic heterocycles. The molecule has 7 nitrogen and oxygen atoms in total.